The Morgan fingerprint density at radius 1 is 1.62 bits per heavy atom. The van der Waals surface area contributed by atoms with Crippen LogP contribution in [0.5, 0.6) is 5.75 Å². The molecule has 0 spiro atoms. The summed E-state index contributed by atoms with van der Waals surface area (Å²) < 4.78 is 5.27. The van der Waals surface area contributed by atoms with Gasteiger partial charge in [0.25, 0.3) is 5.91 Å². The zero-order valence-corrected chi connectivity index (χ0v) is 8.86. The monoisotopic (exact) mass is 214 g/mol. The first-order valence-electron chi connectivity index (χ1n) is 4.76. The average molecular weight is 214 g/mol. The van der Waals surface area contributed by atoms with E-state index >= 15 is 0 Å². The van der Waals surface area contributed by atoms with E-state index in [0.29, 0.717) is 22.6 Å². The van der Waals surface area contributed by atoms with E-state index in [2.05, 4.69) is 6.58 Å². The maximum atomic E-state index is 11.4. The summed E-state index contributed by atoms with van der Waals surface area (Å²) in [6, 6.07) is 7.21. The summed E-state index contributed by atoms with van der Waals surface area (Å²) in [7, 11) is 1.68. The van der Waals surface area contributed by atoms with Gasteiger partial charge in [-0.3, -0.25) is 4.79 Å². The van der Waals surface area contributed by atoms with Crippen molar-refractivity contribution in [3.63, 3.8) is 0 Å². The van der Waals surface area contributed by atoms with E-state index in [1.807, 2.05) is 6.07 Å². The van der Waals surface area contributed by atoms with Crippen LogP contribution in [0.4, 0.5) is 5.69 Å². The summed E-state index contributed by atoms with van der Waals surface area (Å²) >= 11 is 0. The molecular weight excluding hydrogens is 204 g/mol. The first-order valence-corrected chi connectivity index (χ1v) is 4.76. The van der Waals surface area contributed by atoms with Gasteiger partial charge >= 0.3 is 0 Å². The maximum Gasteiger partial charge on any atom is 0.264 e. The van der Waals surface area contributed by atoms with Crippen LogP contribution in [0.1, 0.15) is 5.56 Å². The zero-order chi connectivity index (χ0) is 11.7. The minimum Gasteiger partial charge on any atom is -0.482 e. The van der Waals surface area contributed by atoms with Crippen molar-refractivity contribution in [3.05, 3.63) is 30.3 Å². The van der Waals surface area contributed by atoms with Crippen molar-refractivity contribution in [2.45, 2.75) is 0 Å². The number of likely N-dealkylation sites (N-methyl/N-ethyl adjacent to an activating group) is 1. The Morgan fingerprint density at radius 2 is 2.38 bits per heavy atom. The Balaban J connectivity index is 2.49. The molecule has 4 nitrogen and oxygen atoms in total. The molecule has 1 aliphatic rings. The van der Waals surface area contributed by atoms with Crippen LogP contribution in [0.15, 0.2) is 24.8 Å². The quantitative estimate of drug-likeness (QED) is 0.667. The highest BCUT2D eigenvalue weighted by molar-refractivity contribution is 5.98. The van der Waals surface area contributed by atoms with Crippen molar-refractivity contribution < 1.29 is 9.53 Å². The van der Waals surface area contributed by atoms with Crippen LogP contribution in [0, 0.1) is 11.3 Å². The van der Waals surface area contributed by atoms with Crippen LogP contribution in [-0.2, 0) is 4.79 Å². The first-order chi connectivity index (χ1) is 7.63. The predicted molar refractivity (Wildman–Crippen MR) is 60.0 cm³/mol. The van der Waals surface area contributed by atoms with Gasteiger partial charge in [-0.15, -0.1) is 0 Å². The van der Waals surface area contributed by atoms with E-state index in [9.17, 15) is 4.79 Å². The van der Waals surface area contributed by atoms with Crippen LogP contribution >= 0.6 is 0 Å². The highest BCUT2D eigenvalue weighted by Gasteiger charge is 2.22. The Hall–Kier alpha value is -2.28. The normalized spacial score (nSPS) is 13.8. The number of carbonyl (C=O) groups is 1. The highest BCUT2D eigenvalue weighted by atomic mass is 16.5. The molecule has 0 N–H and O–H groups in total. The number of rotatable bonds is 1. The standard InChI is InChI=1S/C12H10N2O2/c1-8(6-13)9-3-4-11-10(5-9)14(2)12(15)7-16-11/h3-5H,1,7H2,2H3. The number of nitrogens with zero attached hydrogens (tertiary/aromatic N) is 2. The van der Waals surface area contributed by atoms with Crippen molar-refractivity contribution in [2.24, 2.45) is 0 Å². The number of carbonyl (C=O) groups excluding carboxylic acids is 1. The molecule has 0 atom stereocenters. The average Bonchev–Trinajstić information content (AvgIpc) is 2.32. The molecule has 0 aromatic heterocycles. The molecule has 1 heterocycles. The zero-order valence-electron chi connectivity index (χ0n) is 8.86. The third kappa shape index (κ3) is 1.52. The summed E-state index contributed by atoms with van der Waals surface area (Å²) in [5.41, 5.74) is 1.74. The van der Waals surface area contributed by atoms with E-state index in [4.69, 9.17) is 10.00 Å². The summed E-state index contributed by atoms with van der Waals surface area (Å²) in [6.07, 6.45) is 0. The van der Waals surface area contributed by atoms with Gasteiger partial charge < -0.3 is 9.64 Å². The van der Waals surface area contributed by atoms with Gasteiger partial charge in [-0.25, -0.2) is 0 Å². The van der Waals surface area contributed by atoms with Crippen LogP contribution < -0.4 is 9.64 Å². The third-order valence-electron chi connectivity index (χ3n) is 2.53. The lowest BCUT2D eigenvalue weighted by Crippen LogP contribution is -2.35. The molecule has 0 saturated heterocycles. The van der Waals surface area contributed by atoms with E-state index < -0.39 is 0 Å². The number of ether oxygens (including phenoxy) is 1. The van der Waals surface area contributed by atoms with Gasteiger partial charge in [0.05, 0.1) is 17.3 Å². The molecule has 1 aromatic carbocycles. The fraction of sp³-hybridized carbons (Fsp3) is 0.167. The highest BCUT2D eigenvalue weighted by Crippen LogP contribution is 2.33. The van der Waals surface area contributed by atoms with Gasteiger partial charge in [-0.1, -0.05) is 6.58 Å². The van der Waals surface area contributed by atoms with Gasteiger partial charge in [0.2, 0.25) is 0 Å². The molecule has 0 unspecified atom stereocenters. The Bertz CT molecular complexity index is 514. The lowest BCUT2D eigenvalue weighted by molar-refractivity contribution is -0.120. The van der Waals surface area contributed by atoms with Crippen molar-refractivity contribution in [2.75, 3.05) is 18.6 Å². The molecule has 1 amide bonds. The second-order valence-electron chi connectivity index (χ2n) is 3.51. The number of fused-ring (bicyclic) bond motifs is 1. The van der Waals surface area contributed by atoms with Gasteiger partial charge in [0.15, 0.2) is 6.61 Å². The molecular formula is C12H10N2O2. The Kier molecular flexibility index (Phi) is 2.37. The number of benzene rings is 1. The third-order valence-corrected chi connectivity index (χ3v) is 2.53. The van der Waals surface area contributed by atoms with E-state index in [1.54, 1.807) is 25.2 Å². The second-order valence-corrected chi connectivity index (χ2v) is 3.51. The Labute approximate surface area is 93.4 Å². The van der Waals surface area contributed by atoms with Crippen molar-refractivity contribution in [1.29, 1.82) is 5.26 Å². The molecule has 1 aromatic rings. The van der Waals surface area contributed by atoms with Crippen molar-refractivity contribution in [1.82, 2.24) is 0 Å². The van der Waals surface area contributed by atoms with Gasteiger partial charge in [0.1, 0.15) is 5.75 Å². The minimum atomic E-state index is -0.104. The SMILES string of the molecule is C=C(C#N)c1ccc2c(c1)N(C)C(=O)CO2. The molecule has 0 aliphatic carbocycles. The van der Waals surface area contributed by atoms with Gasteiger partial charge in [-0.05, 0) is 23.8 Å². The van der Waals surface area contributed by atoms with Crippen LogP contribution in [0.3, 0.4) is 0 Å². The van der Waals surface area contributed by atoms with Crippen LogP contribution in [0.25, 0.3) is 5.57 Å². The van der Waals surface area contributed by atoms with Crippen molar-refractivity contribution >= 4 is 17.2 Å². The fourth-order valence-corrected chi connectivity index (χ4v) is 1.52. The molecule has 1 aliphatic heterocycles. The number of hydrogen-bond donors (Lipinski definition) is 0. The van der Waals surface area contributed by atoms with Crippen LogP contribution in [0.2, 0.25) is 0 Å². The lowest BCUT2D eigenvalue weighted by atomic mass is 10.1. The first kappa shape index (κ1) is 10.2. The largest absolute Gasteiger partial charge is 0.482 e. The topological polar surface area (TPSA) is 53.3 Å². The second kappa shape index (κ2) is 3.70. The molecule has 16 heavy (non-hydrogen) atoms. The minimum absolute atomic E-state index is 0.0576. The number of allylic oxidation sites excluding steroid dienone is 1. The number of amides is 1. The molecule has 80 valence electrons. The summed E-state index contributed by atoms with van der Waals surface area (Å²) in [4.78, 5) is 12.9. The van der Waals surface area contributed by atoms with Gasteiger partial charge in [-0.2, -0.15) is 5.26 Å². The lowest BCUT2D eigenvalue weighted by Gasteiger charge is -2.26. The number of hydrogen-bond acceptors (Lipinski definition) is 3. The number of anilines is 1. The molecule has 2 rings (SSSR count). The smallest absolute Gasteiger partial charge is 0.264 e. The molecule has 0 radical (unpaired) electrons. The van der Waals surface area contributed by atoms with E-state index in [0.717, 1.165) is 0 Å². The van der Waals surface area contributed by atoms with E-state index in [1.165, 1.54) is 4.90 Å². The molecule has 0 fully saturated rings. The summed E-state index contributed by atoms with van der Waals surface area (Å²) in [5, 5.41) is 8.75. The molecule has 0 saturated carbocycles. The maximum absolute atomic E-state index is 11.4. The Morgan fingerprint density at radius 3 is 3.06 bits per heavy atom. The van der Waals surface area contributed by atoms with Crippen LogP contribution in [-0.4, -0.2) is 19.6 Å². The van der Waals surface area contributed by atoms with Gasteiger partial charge in [0, 0.05) is 7.05 Å². The summed E-state index contributed by atoms with van der Waals surface area (Å²) in [6.45, 7) is 3.69. The number of nitriles is 1. The summed E-state index contributed by atoms with van der Waals surface area (Å²) in [5.74, 6) is 0.545. The van der Waals surface area contributed by atoms with Crippen molar-refractivity contribution in [3.8, 4) is 11.8 Å². The molecule has 4 heteroatoms. The molecule has 0 bridgehead atoms. The fourth-order valence-electron chi connectivity index (χ4n) is 1.52. The predicted octanol–water partition coefficient (Wildman–Crippen LogP) is 1.58. The van der Waals surface area contributed by atoms with E-state index in [-0.39, 0.29) is 12.5 Å².